The Labute approximate surface area is 135 Å². The molecule has 0 radical (unpaired) electrons. The minimum Gasteiger partial charge on any atom is -0.381 e. The quantitative estimate of drug-likeness (QED) is 0.808. The Morgan fingerprint density at radius 1 is 1.30 bits per heavy atom. The number of nitrogens with one attached hydrogen (secondary N) is 2. The molecule has 9 heteroatoms. The third-order valence-corrected chi connectivity index (χ3v) is 3.36. The number of benzene rings is 1. The van der Waals surface area contributed by atoms with Crippen LogP contribution in [0.4, 0.5) is 14.5 Å². The van der Waals surface area contributed by atoms with E-state index in [1.165, 1.54) is 19.3 Å². The second-order valence-corrected chi connectivity index (χ2v) is 4.96. The number of rotatable bonds is 5. The number of aromatic nitrogens is 2. The Morgan fingerprint density at radius 3 is 2.61 bits per heavy atom. The zero-order valence-electron chi connectivity index (χ0n) is 12.1. The summed E-state index contributed by atoms with van der Waals surface area (Å²) in [6.07, 6.45) is 1.36. The molecule has 0 spiro atoms. The van der Waals surface area contributed by atoms with Crippen LogP contribution in [0, 0.1) is 11.6 Å². The minimum absolute atomic E-state index is 0.0334. The lowest BCUT2D eigenvalue weighted by atomic mass is 10.2. The third kappa shape index (κ3) is 3.84. The normalized spacial score (nSPS) is 10.4. The van der Waals surface area contributed by atoms with Crippen LogP contribution in [0.2, 0.25) is 5.02 Å². The van der Waals surface area contributed by atoms with Crippen LogP contribution >= 0.6 is 11.6 Å². The predicted molar refractivity (Wildman–Crippen MR) is 81.7 cm³/mol. The number of amides is 1. The topological polar surface area (TPSA) is 76.0 Å². The average Bonchev–Trinajstić information content (AvgIpc) is 2.51. The van der Waals surface area contributed by atoms with Crippen molar-refractivity contribution in [2.24, 2.45) is 7.05 Å². The molecule has 6 nitrogen and oxygen atoms in total. The Morgan fingerprint density at radius 2 is 1.96 bits per heavy atom. The first kappa shape index (κ1) is 16.9. The van der Waals surface area contributed by atoms with E-state index in [4.69, 9.17) is 11.6 Å². The van der Waals surface area contributed by atoms with E-state index in [1.54, 1.807) is 0 Å². The first-order chi connectivity index (χ1) is 10.9. The molecule has 1 heterocycles. The zero-order valence-corrected chi connectivity index (χ0v) is 12.8. The molecule has 0 atom stereocenters. The van der Waals surface area contributed by atoms with Crippen molar-refractivity contribution in [3.05, 3.63) is 57.0 Å². The number of aryl methyl sites for hydroxylation is 1. The maximum atomic E-state index is 13.4. The molecule has 0 fully saturated rings. The fraction of sp³-hybridized carbons (Fsp3) is 0.214. The van der Waals surface area contributed by atoms with Crippen molar-refractivity contribution in [1.82, 2.24) is 15.1 Å². The number of nitrogens with zero attached hydrogens (tertiary/aromatic N) is 2. The van der Waals surface area contributed by atoms with Gasteiger partial charge in [0.05, 0.1) is 11.9 Å². The summed E-state index contributed by atoms with van der Waals surface area (Å²) in [5.74, 6) is -2.74. The first-order valence-electron chi connectivity index (χ1n) is 6.59. The van der Waals surface area contributed by atoms with Gasteiger partial charge in [-0.25, -0.2) is 13.5 Å². The van der Waals surface area contributed by atoms with E-state index in [2.05, 4.69) is 15.7 Å². The first-order valence-corrected chi connectivity index (χ1v) is 6.97. The summed E-state index contributed by atoms with van der Waals surface area (Å²) in [4.78, 5) is 23.3. The summed E-state index contributed by atoms with van der Waals surface area (Å²) in [7, 11) is 1.46. The van der Waals surface area contributed by atoms with Crippen molar-refractivity contribution in [1.29, 1.82) is 0 Å². The molecule has 0 unspecified atom stereocenters. The van der Waals surface area contributed by atoms with E-state index >= 15 is 0 Å². The molecule has 1 aromatic carbocycles. The van der Waals surface area contributed by atoms with E-state index in [1.807, 2.05) is 0 Å². The summed E-state index contributed by atoms with van der Waals surface area (Å²) >= 11 is 5.86. The van der Waals surface area contributed by atoms with Crippen LogP contribution in [0.5, 0.6) is 0 Å². The summed E-state index contributed by atoms with van der Waals surface area (Å²) < 4.78 is 27.9. The third-order valence-electron chi connectivity index (χ3n) is 2.99. The smallest absolute Gasteiger partial charge is 0.287 e. The van der Waals surface area contributed by atoms with Gasteiger partial charge in [-0.3, -0.25) is 9.59 Å². The Bertz CT molecular complexity index is 775. The highest BCUT2D eigenvalue weighted by molar-refractivity contribution is 6.32. The fourth-order valence-corrected chi connectivity index (χ4v) is 2.05. The van der Waals surface area contributed by atoms with Gasteiger partial charge < -0.3 is 10.6 Å². The second-order valence-electron chi connectivity index (χ2n) is 4.58. The zero-order chi connectivity index (χ0) is 17.0. The molecule has 1 amide bonds. The molecule has 0 aliphatic carbocycles. The van der Waals surface area contributed by atoms with Gasteiger partial charge in [0.25, 0.3) is 11.5 Å². The van der Waals surface area contributed by atoms with E-state index in [0.717, 1.165) is 16.8 Å². The molecule has 23 heavy (non-hydrogen) atoms. The molecule has 2 rings (SSSR count). The summed E-state index contributed by atoms with van der Waals surface area (Å²) in [6.45, 7) is 0.258. The largest absolute Gasteiger partial charge is 0.381 e. The lowest BCUT2D eigenvalue weighted by molar-refractivity contribution is 0.0947. The van der Waals surface area contributed by atoms with Gasteiger partial charge in [0.2, 0.25) is 0 Å². The van der Waals surface area contributed by atoms with E-state index in [9.17, 15) is 18.4 Å². The van der Waals surface area contributed by atoms with Gasteiger partial charge in [0, 0.05) is 20.1 Å². The number of halogens is 3. The summed E-state index contributed by atoms with van der Waals surface area (Å²) in [5, 5.41) is 8.94. The molecule has 0 aliphatic heterocycles. The minimum atomic E-state index is -0.936. The van der Waals surface area contributed by atoms with Crippen LogP contribution in [-0.4, -0.2) is 28.8 Å². The molecule has 0 bridgehead atoms. The standard InChI is InChI=1S/C14H13ClF2N4O2/c1-21-14(23)12(15)10(7-20-21)18-5-6-19-13(22)11-8(16)3-2-4-9(11)17/h2-4,7,18H,5-6H2,1H3,(H,19,22). The molecular formula is C14H13ClF2N4O2. The van der Waals surface area contributed by atoms with E-state index < -0.39 is 28.7 Å². The number of hydrogen-bond donors (Lipinski definition) is 2. The molecule has 1 aromatic heterocycles. The van der Waals surface area contributed by atoms with Crippen LogP contribution in [0.3, 0.4) is 0 Å². The monoisotopic (exact) mass is 342 g/mol. The summed E-state index contributed by atoms with van der Waals surface area (Å²) in [6, 6.07) is 3.18. The molecule has 2 N–H and O–H groups in total. The Kier molecular flexibility index (Phi) is 5.28. The van der Waals surface area contributed by atoms with Gasteiger partial charge in [0.15, 0.2) is 0 Å². The van der Waals surface area contributed by atoms with Crippen molar-refractivity contribution < 1.29 is 13.6 Å². The lowest BCUT2D eigenvalue weighted by Gasteiger charge is -2.10. The molecule has 2 aromatic rings. The van der Waals surface area contributed by atoms with Crippen molar-refractivity contribution in [3.63, 3.8) is 0 Å². The fourth-order valence-electron chi connectivity index (χ4n) is 1.81. The van der Waals surface area contributed by atoms with Crippen molar-refractivity contribution in [2.45, 2.75) is 0 Å². The molecular weight excluding hydrogens is 330 g/mol. The number of anilines is 1. The predicted octanol–water partition coefficient (Wildman–Crippen LogP) is 1.55. The Balaban J connectivity index is 1.92. The second kappa shape index (κ2) is 7.19. The van der Waals surface area contributed by atoms with Gasteiger partial charge >= 0.3 is 0 Å². The lowest BCUT2D eigenvalue weighted by Crippen LogP contribution is -2.30. The number of carbonyl (C=O) groups is 1. The van der Waals surface area contributed by atoms with Gasteiger partial charge in [-0.2, -0.15) is 5.10 Å². The maximum absolute atomic E-state index is 13.4. The van der Waals surface area contributed by atoms with Crippen LogP contribution in [0.1, 0.15) is 10.4 Å². The van der Waals surface area contributed by atoms with Crippen LogP contribution in [0.15, 0.2) is 29.2 Å². The number of hydrogen-bond acceptors (Lipinski definition) is 4. The Hall–Kier alpha value is -2.48. The van der Waals surface area contributed by atoms with Crippen LogP contribution in [0.25, 0.3) is 0 Å². The van der Waals surface area contributed by atoms with E-state index in [0.29, 0.717) is 5.69 Å². The maximum Gasteiger partial charge on any atom is 0.287 e. The highest BCUT2D eigenvalue weighted by Gasteiger charge is 2.16. The van der Waals surface area contributed by atoms with Crippen LogP contribution in [-0.2, 0) is 7.05 Å². The van der Waals surface area contributed by atoms with Crippen molar-refractivity contribution in [3.8, 4) is 0 Å². The molecule has 0 aliphatic rings. The highest BCUT2D eigenvalue weighted by Crippen LogP contribution is 2.14. The van der Waals surface area contributed by atoms with Gasteiger partial charge in [-0.1, -0.05) is 17.7 Å². The van der Waals surface area contributed by atoms with E-state index in [-0.39, 0.29) is 18.1 Å². The average molecular weight is 343 g/mol. The van der Waals surface area contributed by atoms with Gasteiger partial charge in [-0.05, 0) is 12.1 Å². The van der Waals surface area contributed by atoms with Gasteiger partial charge in [0.1, 0.15) is 22.2 Å². The van der Waals surface area contributed by atoms with Gasteiger partial charge in [-0.15, -0.1) is 0 Å². The molecule has 0 saturated heterocycles. The van der Waals surface area contributed by atoms with Crippen LogP contribution < -0.4 is 16.2 Å². The summed E-state index contributed by atoms with van der Waals surface area (Å²) in [5.41, 5.74) is -0.795. The highest BCUT2D eigenvalue weighted by atomic mass is 35.5. The molecule has 0 saturated carbocycles. The molecule has 122 valence electrons. The SMILES string of the molecule is Cn1ncc(NCCNC(=O)c2c(F)cccc2F)c(Cl)c1=O. The van der Waals surface area contributed by atoms with Crippen molar-refractivity contribution >= 4 is 23.2 Å². The number of carbonyl (C=O) groups excluding carboxylic acids is 1. The van der Waals surface area contributed by atoms with Crippen molar-refractivity contribution in [2.75, 3.05) is 18.4 Å².